The topological polar surface area (TPSA) is 92.4 Å². The van der Waals surface area contributed by atoms with Crippen molar-refractivity contribution in [3.05, 3.63) is 0 Å². The van der Waals surface area contributed by atoms with Gasteiger partial charge in [-0.1, -0.05) is 33.6 Å². The van der Waals surface area contributed by atoms with Crippen molar-refractivity contribution in [3.8, 4) is 0 Å². The Morgan fingerprint density at radius 2 is 1.75 bits per heavy atom. The van der Waals surface area contributed by atoms with Crippen molar-refractivity contribution in [1.82, 2.24) is 5.32 Å². The van der Waals surface area contributed by atoms with E-state index < -0.39 is 11.5 Å². The molecule has 0 aromatic carbocycles. The van der Waals surface area contributed by atoms with Gasteiger partial charge in [0.15, 0.2) is 0 Å². The Balaban J connectivity index is 4.42. The monoisotopic (exact) mass is 286 g/mol. The number of carboxylic acids is 1. The summed E-state index contributed by atoms with van der Waals surface area (Å²) in [6.07, 6.45) is 5.01. The first-order valence-corrected chi connectivity index (χ1v) is 7.70. The maximum atomic E-state index is 12.0. The van der Waals surface area contributed by atoms with Gasteiger partial charge in [0.25, 0.3) is 0 Å². The molecule has 118 valence electrons. The largest absolute Gasteiger partial charge is 0.480 e. The van der Waals surface area contributed by atoms with Crippen LogP contribution in [0.15, 0.2) is 0 Å². The average molecular weight is 286 g/mol. The number of nitrogens with one attached hydrogen (secondary N) is 1. The van der Waals surface area contributed by atoms with Crippen LogP contribution in [0, 0.1) is 5.92 Å². The van der Waals surface area contributed by atoms with E-state index in [-0.39, 0.29) is 5.91 Å². The molecule has 0 aliphatic rings. The Labute approximate surface area is 122 Å². The van der Waals surface area contributed by atoms with E-state index in [2.05, 4.69) is 12.2 Å². The molecule has 0 saturated heterocycles. The standard InChI is InChI=1S/C15H30N2O3/c1-4-7-12(10-11-16)8-9-13(18)17-15(5-2,6-3)14(19)20/h12H,4-11,16H2,1-3H3,(H,17,18)(H,19,20). The Hall–Kier alpha value is -1.10. The Bertz CT molecular complexity index is 295. The van der Waals surface area contributed by atoms with Gasteiger partial charge in [-0.2, -0.15) is 0 Å². The minimum atomic E-state index is -1.12. The predicted octanol–water partition coefficient (Wildman–Crippen LogP) is 2.29. The molecule has 0 radical (unpaired) electrons. The van der Waals surface area contributed by atoms with Crippen LogP contribution >= 0.6 is 0 Å². The second-order valence-electron chi connectivity index (χ2n) is 5.41. The van der Waals surface area contributed by atoms with Crippen molar-refractivity contribution in [3.63, 3.8) is 0 Å². The highest BCUT2D eigenvalue weighted by molar-refractivity contribution is 5.86. The maximum Gasteiger partial charge on any atom is 0.329 e. The maximum absolute atomic E-state index is 12.0. The normalized spacial score (nSPS) is 13.0. The molecule has 0 aromatic rings. The SMILES string of the molecule is CCCC(CCN)CCC(=O)NC(CC)(CC)C(=O)O. The molecule has 0 aliphatic heterocycles. The fourth-order valence-electron chi connectivity index (χ4n) is 2.52. The summed E-state index contributed by atoms with van der Waals surface area (Å²) >= 11 is 0. The number of rotatable bonds is 11. The van der Waals surface area contributed by atoms with Gasteiger partial charge in [-0.25, -0.2) is 4.79 Å². The molecule has 0 aromatic heterocycles. The minimum absolute atomic E-state index is 0.172. The lowest BCUT2D eigenvalue weighted by molar-refractivity contribution is -0.148. The predicted molar refractivity (Wildman–Crippen MR) is 80.4 cm³/mol. The van der Waals surface area contributed by atoms with Gasteiger partial charge in [0.2, 0.25) is 5.91 Å². The summed E-state index contributed by atoms with van der Waals surface area (Å²) < 4.78 is 0. The molecule has 0 spiro atoms. The highest BCUT2D eigenvalue weighted by Crippen LogP contribution is 2.19. The second-order valence-corrected chi connectivity index (χ2v) is 5.41. The third-order valence-electron chi connectivity index (χ3n) is 4.05. The number of nitrogens with two attached hydrogens (primary N) is 1. The van der Waals surface area contributed by atoms with E-state index in [1.165, 1.54) is 0 Å². The molecule has 5 nitrogen and oxygen atoms in total. The molecule has 1 atom stereocenters. The lowest BCUT2D eigenvalue weighted by Gasteiger charge is -2.28. The van der Waals surface area contributed by atoms with Gasteiger partial charge < -0.3 is 16.2 Å². The van der Waals surface area contributed by atoms with E-state index in [0.717, 1.165) is 25.7 Å². The van der Waals surface area contributed by atoms with Crippen LogP contribution in [0.2, 0.25) is 0 Å². The number of hydrogen-bond acceptors (Lipinski definition) is 3. The van der Waals surface area contributed by atoms with E-state index in [4.69, 9.17) is 5.73 Å². The molecule has 0 rings (SSSR count). The van der Waals surface area contributed by atoms with Gasteiger partial charge in [-0.15, -0.1) is 0 Å². The van der Waals surface area contributed by atoms with Crippen LogP contribution in [0.1, 0.15) is 65.7 Å². The summed E-state index contributed by atoms with van der Waals surface area (Å²) in [5.74, 6) is -0.671. The quantitative estimate of drug-likeness (QED) is 0.543. The lowest BCUT2D eigenvalue weighted by Crippen LogP contribution is -2.53. The Kier molecular flexibility index (Phi) is 9.21. The van der Waals surface area contributed by atoms with Crippen molar-refractivity contribution in [2.24, 2.45) is 11.7 Å². The molecular formula is C15H30N2O3. The molecule has 4 N–H and O–H groups in total. The summed E-state index contributed by atoms with van der Waals surface area (Å²) in [5, 5.41) is 12.0. The van der Waals surface area contributed by atoms with Crippen molar-refractivity contribution < 1.29 is 14.7 Å². The first-order chi connectivity index (χ1) is 9.45. The molecule has 1 amide bonds. The van der Waals surface area contributed by atoms with Gasteiger partial charge >= 0.3 is 5.97 Å². The average Bonchev–Trinajstić information content (AvgIpc) is 2.42. The zero-order valence-electron chi connectivity index (χ0n) is 13.1. The zero-order chi connectivity index (χ0) is 15.6. The van der Waals surface area contributed by atoms with Crippen LogP contribution < -0.4 is 11.1 Å². The third kappa shape index (κ3) is 5.90. The number of carboxylic acid groups (broad SMARTS) is 1. The summed E-state index contributed by atoms with van der Waals surface area (Å²) in [7, 11) is 0. The summed E-state index contributed by atoms with van der Waals surface area (Å²) in [4.78, 5) is 23.3. The molecule has 5 heteroatoms. The van der Waals surface area contributed by atoms with Crippen LogP contribution in [-0.2, 0) is 9.59 Å². The first-order valence-electron chi connectivity index (χ1n) is 7.70. The number of carbonyl (C=O) groups excluding carboxylic acids is 1. The zero-order valence-corrected chi connectivity index (χ0v) is 13.1. The van der Waals surface area contributed by atoms with E-state index >= 15 is 0 Å². The highest BCUT2D eigenvalue weighted by atomic mass is 16.4. The van der Waals surface area contributed by atoms with Gasteiger partial charge in [0, 0.05) is 6.42 Å². The summed E-state index contributed by atoms with van der Waals surface area (Å²) in [5.41, 5.74) is 4.45. The van der Waals surface area contributed by atoms with Gasteiger partial charge in [0.05, 0.1) is 0 Å². The van der Waals surface area contributed by atoms with Crippen LogP contribution in [0.4, 0.5) is 0 Å². The molecule has 20 heavy (non-hydrogen) atoms. The number of carbonyl (C=O) groups is 2. The van der Waals surface area contributed by atoms with E-state index in [0.29, 0.717) is 31.7 Å². The third-order valence-corrected chi connectivity index (χ3v) is 4.05. The summed E-state index contributed by atoms with van der Waals surface area (Å²) in [6.45, 7) is 6.32. The van der Waals surface area contributed by atoms with Crippen LogP contribution in [0.3, 0.4) is 0 Å². The molecule has 0 saturated carbocycles. The molecule has 0 aliphatic carbocycles. The van der Waals surface area contributed by atoms with E-state index in [1.807, 2.05) is 0 Å². The van der Waals surface area contributed by atoms with E-state index in [9.17, 15) is 14.7 Å². The Morgan fingerprint density at radius 1 is 1.15 bits per heavy atom. The van der Waals surface area contributed by atoms with Crippen molar-refractivity contribution in [2.45, 2.75) is 71.3 Å². The summed E-state index contributed by atoms with van der Waals surface area (Å²) in [6, 6.07) is 0. The Morgan fingerprint density at radius 3 is 2.15 bits per heavy atom. The van der Waals surface area contributed by atoms with Crippen molar-refractivity contribution in [2.75, 3.05) is 6.54 Å². The molecule has 0 heterocycles. The van der Waals surface area contributed by atoms with Gasteiger partial charge in [0.1, 0.15) is 5.54 Å². The molecule has 0 fully saturated rings. The number of aliphatic carboxylic acids is 1. The van der Waals surface area contributed by atoms with Crippen molar-refractivity contribution in [1.29, 1.82) is 0 Å². The molecule has 0 bridgehead atoms. The van der Waals surface area contributed by atoms with Crippen LogP contribution in [0.25, 0.3) is 0 Å². The van der Waals surface area contributed by atoms with Crippen LogP contribution in [0.5, 0.6) is 0 Å². The molecule has 1 unspecified atom stereocenters. The number of hydrogen-bond donors (Lipinski definition) is 3. The second kappa shape index (κ2) is 9.75. The lowest BCUT2D eigenvalue weighted by atomic mass is 9.91. The molecular weight excluding hydrogens is 256 g/mol. The van der Waals surface area contributed by atoms with E-state index in [1.54, 1.807) is 13.8 Å². The fourth-order valence-corrected chi connectivity index (χ4v) is 2.52. The van der Waals surface area contributed by atoms with Crippen LogP contribution in [-0.4, -0.2) is 29.1 Å². The number of amides is 1. The van der Waals surface area contributed by atoms with Gasteiger partial charge in [-0.3, -0.25) is 4.79 Å². The first kappa shape index (κ1) is 18.9. The fraction of sp³-hybridized carbons (Fsp3) is 0.867. The smallest absolute Gasteiger partial charge is 0.329 e. The minimum Gasteiger partial charge on any atom is -0.480 e. The highest BCUT2D eigenvalue weighted by Gasteiger charge is 2.36. The van der Waals surface area contributed by atoms with Crippen molar-refractivity contribution >= 4 is 11.9 Å². The van der Waals surface area contributed by atoms with Gasteiger partial charge in [-0.05, 0) is 38.1 Å².